The summed E-state index contributed by atoms with van der Waals surface area (Å²) in [6, 6.07) is 9.86. The van der Waals surface area contributed by atoms with Gasteiger partial charge < -0.3 is 29.2 Å². The molecule has 5 rings (SSSR count). The molecule has 0 bridgehead atoms. The number of rotatable bonds is 5. The lowest BCUT2D eigenvalue weighted by atomic mass is 10.1. The summed E-state index contributed by atoms with van der Waals surface area (Å²) in [7, 11) is 0. The summed E-state index contributed by atoms with van der Waals surface area (Å²) in [5.41, 5.74) is 2.07. The normalized spacial score (nSPS) is 26.4. The zero-order valence-electron chi connectivity index (χ0n) is 18.8. The smallest absolute Gasteiger partial charge is 0.164 e. The molecule has 0 radical (unpaired) electrons. The molecule has 3 aromatic rings. The topological polar surface area (TPSA) is 102 Å². The van der Waals surface area contributed by atoms with Crippen LogP contribution in [0.4, 0.5) is 10.1 Å². The molecule has 2 aliphatic rings. The van der Waals surface area contributed by atoms with Crippen molar-refractivity contribution in [2.75, 3.05) is 11.9 Å². The van der Waals surface area contributed by atoms with Gasteiger partial charge in [-0.15, -0.1) is 0 Å². The van der Waals surface area contributed by atoms with E-state index in [1.807, 2.05) is 26.8 Å². The fraction of sp³-hybridized carbons (Fsp3) is 0.417. The van der Waals surface area contributed by atoms with E-state index < -0.39 is 30.3 Å². The van der Waals surface area contributed by atoms with Crippen LogP contribution in [-0.2, 0) is 14.2 Å². The molecule has 0 spiro atoms. The Hall–Kier alpha value is -2.74. The number of anilines is 1. The van der Waals surface area contributed by atoms with Gasteiger partial charge in [0, 0.05) is 17.6 Å². The molecule has 1 aromatic carbocycles. The summed E-state index contributed by atoms with van der Waals surface area (Å²) in [5.74, 6) is -1.14. The number of halogens is 2. The molecule has 2 N–H and O–H groups in total. The Labute approximate surface area is 200 Å². The molecule has 0 unspecified atom stereocenters. The van der Waals surface area contributed by atoms with Gasteiger partial charge in [-0.3, -0.25) is 0 Å². The molecule has 0 amide bonds. The minimum absolute atomic E-state index is 0.0425. The second-order valence-corrected chi connectivity index (χ2v) is 9.31. The summed E-state index contributed by atoms with van der Waals surface area (Å²) >= 11 is 6.43. The van der Waals surface area contributed by atoms with Gasteiger partial charge in [0.05, 0.1) is 12.3 Å². The molecule has 0 saturated carbocycles. The van der Waals surface area contributed by atoms with Crippen molar-refractivity contribution in [3.8, 4) is 6.07 Å². The number of fused-ring (bicyclic) bond motifs is 2. The standard InChI is InChI=1S/C24H24ClFN4O4/c1-12(13-4-6-14(26)7-5-13)28-18-15-8-9-30(22(15)29-21(25)16(18)10-27)23-20-19(17(11-31)32-23)33-24(2,3)34-20/h4-9,12,17,19-20,23,31H,11H2,1-3H3,(H,28,29)/t12-,17-,19-,20-,23-/m1/s1. The first-order valence-electron chi connectivity index (χ1n) is 11.0. The number of pyridine rings is 1. The van der Waals surface area contributed by atoms with Crippen molar-refractivity contribution in [1.29, 1.82) is 5.26 Å². The van der Waals surface area contributed by atoms with Crippen LogP contribution in [0.5, 0.6) is 0 Å². The molecule has 34 heavy (non-hydrogen) atoms. The predicted molar refractivity (Wildman–Crippen MR) is 123 cm³/mol. The number of aliphatic hydroxyl groups is 1. The minimum Gasteiger partial charge on any atom is -0.394 e. The highest BCUT2D eigenvalue weighted by atomic mass is 35.5. The molecular formula is C24H24ClFN4O4. The Morgan fingerprint density at radius 3 is 2.65 bits per heavy atom. The Morgan fingerprint density at radius 2 is 1.97 bits per heavy atom. The van der Waals surface area contributed by atoms with Gasteiger partial charge in [-0.25, -0.2) is 9.37 Å². The lowest BCUT2D eigenvalue weighted by Crippen LogP contribution is -2.31. The second-order valence-electron chi connectivity index (χ2n) is 8.95. The first-order valence-corrected chi connectivity index (χ1v) is 11.3. The van der Waals surface area contributed by atoms with Gasteiger partial charge in [-0.2, -0.15) is 5.26 Å². The maximum Gasteiger partial charge on any atom is 0.164 e. The van der Waals surface area contributed by atoms with Crippen LogP contribution in [0.3, 0.4) is 0 Å². The van der Waals surface area contributed by atoms with Crippen LogP contribution < -0.4 is 5.32 Å². The van der Waals surface area contributed by atoms with E-state index >= 15 is 0 Å². The van der Waals surface area contributed by atoms with Crippen molar-refractivity contribution in [3.63, 3.8) is 0 Å². The predicted octanol–water partition coefficient (Wildman–Crippen LogP) is 4.28. The average molecular weight is 487 g/mol. The van der Waals surface area contributed by atoms with Crippen molar-refractivity contribution in [3.05, 3.63) is 58.6 Å². The molecule has 4 heterocycles. The van der Waals surface area contributed by atoms with Crippen LogP contribution >= 0.6 is 11.6 Å². The highest BCUT2D eigenvalue weighted by molar-refractivity contribution is 6.31. The van der Waals surface area contributed by atoms with Crippen LogP contribution in [-0.4, -0.2) is 45.4 Å². The second kappa shape index (κ2) is 8.48. The van der Waals surface area contributed by atoms with Gasteiger partial charge in [0.1, 0.15) is 41.4 Å². The Balaban J connectivity index is 1.56. The fourth-order valence-electron chi connectivity index (χ4n) is 4.68. The summed E-state index contributed by atoms with van der Waals surface area (Å²) in [6.07, 6.45) is -0.278. The number of nitrogens with zero attached hydrogens (tertiary/aromatic N) is 3. The first kappa shape index (κ1) is 23.0. The summed E-state index contributed by atoms with van der Waals surface area (Å²) in [6.45, 7) is 5.33. The first-order chi connectivity index (χ1) is 16.2. The molecule has 10 heteroatoms. The number of ether oxygens (including phenoxy) is 3. The fourth-order valence-corrected chi connectivity index (χ4v) is 4.89. The zero-order valence-corrected chi connectivity index (χ0v) is 19.6. The molecule has 0 aliphatic carbocycles. The largest absolute Gasteiger partial charge is 0.394 e. The zero-order chi connectivity index (χ0) is 24.2. The highest BCUT2D eigenvalue weighted by Crippen LogP contribution is 2.45. The van der Waals surface area contributed by atoms with Crippen molar-refractivity contribution in [1.82, 2.24) is 9.55 Å². The Kier molecular flexibility index (Phi) is 5.74. The maximum absolute atomic E-state index is 13.4. The third kappa shape index (κ3) is 3.82. The number of hydrogen-bond donors (Lipinski definition) is 2. The van der Waals surface area contributed by atoms with Gasteiger partial charge in [-0.05, 0) is 44.5 Å². The van der Waals surface area contributed by atoms with E-state index in [1.165, 1.54) is 12.1 Å². The van der Waals surface area contributed by atoms with Crippen molar-refractivity contribution < 1.29 is 23.7 Å². The number of hydrogen-bond acceptors (Lipinski definition) is 7. The molecule has 8 nitrogen and oxygen atoms in total. The third-order valence-electron chi connectivity index (χ3n) is 6.24. The number of nitriles is 1. The summed E-state index contributed by atoms with van der Waals surface area (Å²) in [4.78, 5) is 4.48. The quantitative estimate of drug-likeness (QED) is 0.519. The van der Waals surface area contributed by atoms with E-state index in [4.69, 9.17) is 25.8 Å². The maximum atomic E-state index is 13.4. The Morgan fingerprint density at radius 1 is 1.26 bits per heavy atom. The van der Waals surface area contributed by atoms with Gasteiger partial charge in [-0.1, -0.05) is 23.7 Å². The lowest BCUT2D eigenvalue weighted by Gasteiger charge is -2.24. The van der Waals surface area contributed by atoms with Gasteiger partial charge >= 0.3 is 0 Å². The molecule has 2 aliphatic heterocycles. The molecular weight excluding hydrogens is 463 g/mol. The van der Waals surface area contributed by atoms with Crippen molar-refractivity contribution in [2.24, 2.45) is 0 Å². The van der Waals surface area contributed by atoms with E-state index in [-0.39, 0.29) is 29.2 Å². The Bertz CT molecular complexity index is 1270. The van der Waals surface area contributed by atoms with Crippen LogP contribution in [0.25, 0.3) is 11.0 Å². The van der Waals surface area contributed by atoms with Crippen molar-refractivity contribution >= 4 is 28.3 Å². The van der Waals surface area contributed by atoms with E-state index in [1.54, 1.807) is 22.9 Å². The molecule has 5 atom stereocenters. The molecule has 2 fully saturated rings. The van der Waals surface area contributed by atoms with Gasteiger partial charge in [0.15, 0.2) is 17.2 Å². The summed E-state index contributed by atoms with van der Waals surface area (Å²) in [5, 5.41) is 23.7. The number of aliphatic hydroxyl groups excluding tert-OH is 1. The van der Waals surface area contributed by atoms with E-state index in [0.717, 1.165) is 5.56 Å². The third-order valence-corrected chi connectivity index (χ3v) is 6.51. The number of benzene rings is 1. The highest BCUT2D eigenvalue weighted by Gasteiger charge is 2.55. The monoisotopic (exact) mass is 486 g/mol. The minimum atomic E-state index is -0.815. The van der Waals surface area contributed by atoms with E-state index in [0.29, 0.717) is 16.7 Å². The lowest BCUT2D eigenvalue weighted by molar-refractivity contribution is -0.199. The van der Waals surface area contributed by atoms with Crippen LogP contribution in [0.2, 0.25) is 5.15 Å². The molecule has 2 aromatic heterocycles. The molecule has 2 saturated heterocycles. The van der Waals surface area contributed by atoms with E-state index in [9.17, 15) is 14.8 Å². The van der Waals surface area contributed by atoms with Crippen LogP contribution in [0.1, 0.15) is 44.2 Å². The summed E-state index contributed by atoms with van der Waals surface area (Å²) < 4.78 is 33.3. The van der Waals surface area contributed by atoms with Crippen LogP contribution in [0, 0.1) is 17.1 Å². The number of aromatic nitrogens is 2. The van der Waals surface area contributed by atoms with Gasteiger partial charge in [0.25, 0.3) is 0 Å². The molecule has 178 valence electrons. The van der Waals surface area contributed by atoms with Crippen molar-refractivity contribution in [2.45, 2.75) is 57.1 Å². The van der Waals surface area contributed by atoms with Gasteiger partial charge in [0.2, 0.25) is 0 Å². The van der Waals surface area contributed by atoms with Crippen LogP contribution in [0.15, 0.2) is 36.5 Å². The van der Waals surface area contributed by atoms with E-state index in [2.05, 4.69) is 16.4 Å². The number of nitrogens with one attached hydrogen (secondary N) is 1. The average Bonchev–Trinajstić information content (AvgIpc) is 3.44. The SMILES string of the molecule is C[C@@H](Nc1c(C#N)c(Cl)nc2c1ccn2[C@@H]1O[C@H](CO)[C@H]2OC(C)(C)O[C@H]21)c1ccc(F)cc1.